The first-order valence-electron chi connectivity index (χ1n) is 11.7. The van der Waals surface area contributed by atoms with Crippen LogP contribution < -0.4 is 16.2 Å². The van der Waals surface area contributed by atoms with Gasteiger partial charge in [-0.2, -0.15) is 18.3 Å². The van der Waals surface area contributed by atoms with Gasteiger partial charge < -0.3 is 14.6 Å². The van der Waals surface area contributed by atoms with E-state index in [2.05, 4.69) is 36.0 Å². The van der Waals surface area contributed by atoms with E-state index in [4.69, 9.17) is 11.6 Å². The number of imidazole rings is 1. The van der Waals surface area contributed by atoms with Crippen molar-refractivity contribution in [3.8, 4) is 5.82 Å². The number of halogens is 4. The predicted octanol–water partition coefficient (Wildman–Crippen LogP) is 4.05. The number of alkyl halides is 3. The van der Waals surface area contributed by atoms with E-state index in [1.807, 2.05) is 0 Å². The molecule has 3 N–H and O–H groups in total. The summed E-state index contributed by atoms with van der Waals surface area (Å²) in [6.45, 7) is 3.26. The second kappa shape index (κ2) is 11.7. The van der Waals surface area contributed by atoms with Gasteiger partial charge in [0.1, 0.15) is 5.69 Å². The summed E-state index contributed by atoms with van der Waals surface area (Å²) in [5.41, 5.74) is 4.71. The Labute approximate surface area is 235 Å². The van der Waals surface area contributed by atoms with Crippen molar-refractivity contribution in [1.29, 1.82) is 0 Å². The number of ether oxygens (including phenoxy) is 1. The summed E-state index contributed by atoms with van der Waals surface area (Å²) in [6, 6.07) is 7.69. The van der Waals surface area contributed by atoms with Gasteiger partial charge in [-0.05, 0) is 49.2 Å². The highest BCUT2D eigenvalue weighted by atomic mass is 35.5. The van der Waals surface area contributed by atoms with E-state index in [9.17, 15) is 27.6 Å². The molecule has 3 heterocycles. The largest absolute Gasteiger partial charge is 0.452 e. The van der Waals surface area contributed by atoms with Crippen LogP contribution in [0.3, 0.4) is 0 Å². The fourth-order valence-electron chi connectivity index (χ4n) is 3.86. The number of carbonyl (C=O) groups is 3. The zero-order valence-corrected chi connectivity index (χ0v) is 22.5. The molecule has 4 rings (SSSR count). The third-order valence-electron chi connectivity index (χ3n) is 5.63. The molecule has 0 aliphatic rings. The average Bonchev–Trinajstić information content (AvgIpc) is 3.56. The number of hydrazine groups is 1. The van der Waals surface area contributed by atoms with Crippen LogP contribution in [0.1, 0.15) is 43.4 Å². The minimum Gasteiger partial charge on any atom is -0.452 e. The van der Waals surface area contributed by atoms with Crippen LogP contribution in [0.25, 0.3) is 5.82 Å². The minimum absolute atomic E-state index is 0.0347. The van der Waals surface area contributed by atoms with E-state index in [0.29, 0.717) is 11.1 Å². The molecule has 0 spiro atoms. The first-order chi connectivity index (χ1) is 19.4. The molecule has 0 atom stereocenters. The Morgan fingerprint density at radius 3 is 2.49 bits per heavy atom. The Bertz CT molecular complexity index is 1630. The summed E-state index contributed by atoms with van der Waals surface area (Å²) in [6.07, 6.45) is -2.29. The number of amides is 3. The molecular weight excluding hydrogens is 569 g/mol. The van der Waals surface area contributed by atoms with Crippen LogP contribution in [0.4, 0.5) is 23.7 Å². The molecule has 0 aliphatic heterocycles. The van der Waals surface area contributed by atoms with Crippen molar-refractivity contribution in [2.45, 2.75) is 26.6 Å². The molecule has 12 nitrogen and oxygen atoms in total. The Morgan fingerprint density at radius 1 is 1.07 bits per heavy atom. The Balaban J connectivity index is 1.71. The van der Waals surface area contributed by atoms with Gasteiger partial charge in [-0.25, -0.2) is 24.9 Å². The third kappa shape index (κ3) is 6.63. The van der Waals surface area contributed by atoms with Gasteiger partial charge in [0.2, 0.25) is 0 Å². The smallest absolute Gasteiger partial charge is 0.434 e. The topological polar surface area (TPSA) is 145 Å². The van der Waals surface area contributed by atoms with E-state index in [-0.39, 0.29) is 40.0 Å². The lowest BCUT2D eigenvalue weighted by molar-refractivity contribution is -0.141. The number of pyridine rings is 1. The summed E-state index contributed by atoms with van der Waals surface area (Å²) >= 11 is 6.31. The number of aromatic nitrogens is 5. The Kier molecular flexibility index (Phi) is 8.28. The molecule has 0 aliphatic carbocycles. The van der Waals surface area contributed by atoms with Crippen molar-refractivity contribution in [3.05, 3.63) is 87.8 Å². The molecule has 0 saturated heterocycles. The zero-order chi connectivity index (χ0) is 29.9. The molecule has 3 amide bonds. The van der Waals surface area contributed by atoms with Crippen molar-refractivity contribution in [2.75, 3.05) is 12.4 Å². The Morgan fingerprint density at radius 2 is 1.83 bits per heavy atom. The van der Waals surface area contributed by atoms with Gasteiger partial charge >= 0.3 is 12.3 Å². The predicted molar refractivity (Wildman–Crippen MR) is 140 cm³/mol. The molecule has 0 fully saturated rings. The van der Waals surface area contributed by atoms with Gasteiger partial charge in [-0.3, -0.25) is 15.0 Å². The van der Waals surface area contributed by atoms with E-state index < -0.39 is 29.8 Å². The lowest BCUT2D eigenvalue weighted by atomic mass is 10.0. The Hall–Kier alpha value is -4.92. The van der Waals surface area contributed by atoms with Crippen molar-refractivity contribution in [2.24, 2.45) is 0 Å². The summed E-state index contributed by atoms with van der Waals surface area (Å²) in [5, 5.41) is 7.21. The van der Waals surface area contributed by atoms with Crippen LogP contribution >= 0.6 is 11.6 Å². The quantitative estimate of drug-likeness (QED) is 0.287. The van der Waals surface area contributed by atoms with Crippen LogP contribution in [-0.2, 0) is 17.5 Å². The number of carbonyl (C=O) groups excluding carboxylic acids is 3. The van der Waals surface area contributed by atoms with Crippen molar-refractivity contribution in [3.63, 3.8) is 0 Å². The molecule has 3 aromatic heterocycles. The maximum absolute atomic E-state index is 13.6. The second-order valence-electron chi connectivity index (χ2n) is 8.70. The lowest BCUT2D eigenvalue weighted by Gasteiger charge is -2.16. The van der Waals surface area contributed by atoms with Crippen molar-refractivity contribution in [1.82, 2.24) is 35.2 Å². The molecule has 0 saturated carbocycles. The molecule has 214 valence electrons. The van der Waals surface area contributed by atoms with Gasteiger partial charge in [0, 0.05) is 12.4 Å². The molecule has 16 heteroatoms. The SMILES string of the molecule is COC(=O)NNC(=O)c1cc(C)cc(C)c1NC(=O)c1cc(Cn2cnc(C(F)(F)F)c2)nn1-c1ncccc1Cl. The minimum atomic E-state index is -4.63. The van der Waals surface area contributed by atoms with Crippen LogP contribution in [0.2, 0.25) is 5.02 Å². The molecular formula is C25H22ClF3N8O4. The van der Waals surface area contributed by atoms with Crippen LogP contribution in [0.15, 0.2) is 49.1 Å². The highest BCUT2D eigenvalue weighted by Crippen LogP contribution is 2.28. The van der Waals surface area contributed by atoms with E-state index >= 15 is 0 Å². The zero-order valence-electron chi connectivity index (χ0n) is 21.7. The number of benzene rings is 1. The molecule has 1 aromatic carbocycles. The highest BCUT2D eigenvalue weighted by molar-refractivity contribution is 6.32. The van der Waals surface area contributed by atoms with Gasteiger partial charge in [-0.15, -0.1) is 0 Å². The molecule has 41 heavy (non-hydrogen) atoms. The molecule has 0 unspecified atom stereocenters. The standard InChI is InChI=1S/C25H22ClF3N8O4/c1-13-7-14(2)20(16(8-13)22(38)33-34-24(40)41-3)32-23(39)18-9-15(10-36-11-19(31-12-36)25(27,28)29)35-37(18)21-17(26)5-4-6-30-21/h4-9,11-12H,10H2,1-3H3,(H,32,39)(H,33,38)(H,34,40). The van der Waals surface area contributed by atoms with E-state index in [1.165, 1.54) is 24.4 Å². The first kappa shape index (κ1) is 29.1. The monoisotopic (exact) mass is 590 g/mol. The fourth-order valence-corrected chi connectivity index (χ4v) is 4.06. The van der Waals surface area contributed by atoms with Crippen molar-refractivity contribution >= 4 is 35.2 Å². The maximum atomic E-state index is 13.6. The number of rotatable bonds is 6. The number of nitrogens with one attached hydrogen (secondary N) is 3. The number of methoxy groups -OCH3 is 1. The third-order valence-corrected chi connectivity index (χ3v) is 5.92. The summed E-state index contributed by atoms with van der Waals surface area (Å²) in [4.78, 5) is 45.4. The summed E-state index contributed by atoms with van der Waals surface area (Å²) in [7, 11) is 1.12. The number of hydrogen-bond donors (Lipinski definition) is 3. The first-order valence-corrected chi connectivity index (χ1v) is 12.1. The van der Waals surface area contributed by atoms with Gasteiger partial charge in [0.15, 0.2) is 11.5 Å². The number of hydrogen-bond acceptors (Lipinski definition) is 7. The average molecular weight is 591 g/mol. The fraction of sp³-hybridized carbons (Fsp3) is 0.200. The van der Waals surface area contributed by atoms with Gasteiger partial charge in [0.25, 0.3) is 11.8 Å². The van der Waals surface area contributed by atoms with E-state index in [0.717, 1.165) is 28.9 Å². The number of aryl methyl sites for hydroxylation is 2. The number of nitrogens with zero attached hydrogens (tertiary/aromatic N) is 5. The molecule has 4 aromatic rings. The summed E-state index contributed by atoms with van der Waals surface area (Å²) < 4.78 is 45.8. The van der Waals surface area contributed by atoms with Gasteiger partial charge in [0.05, 0.1) is 41.9 Å². The highest BCUT2D eigenvalue weighted by Gasteiger charge is 2.33. The molecule has 0 bridgehead atoms. The normalized spacial score (nSPS) is 11.2. The van der Waals surface area contributed by atoms with E-state index in [1.54, 1.807) is 26.0 Å². The van der Waals surface area contributed by atoms with Crippen LogP contribution in [0, 0.1) is 13.8 Å². The lowest BCUT2D eigenvalue weighted by Crippen LogP contribution is -2.42. The van der Waals surface area contributed by atoms with Crippen LogP contribution in [0.5, 0.6) is 0 Å². The van der Waals surface area contributed by atoms with Gasteiger partial charge in [-0.1, -0.05) is 17.7 Å². The molecule has 0 radical (unpaired) electrons. The van der Waals surface area contributed by atoms with Crippen molar-refractivity contribution < 1.29 is 32.3 Å². The maximum Gasteiger partial charge on any atom is 0.434 e. The van der Waals surface area contributed by atoms with Crippen LogP contribution in [-0.4, -0.2) is 49.3 Å². The summed E-state index contributed by atoms with van der Waals surface area (Å²) in [5.74, 6) is -1.37. The second-order valence-corrected chi connectivity index (χ2v) is 9.11. The number of anilines is 1.